The van der Waals surface area contributed by atoms with Gasteiger partial charge in [0.05, 0.1) is 11.7 Å². The molecule has 0 aliphatic heterocycles. The lowest BCUT2D eigenvalue weighted by atomic mass is 10.1. The highest BCUT2D eigenvalue weighted by molar-refractivity contribution is 5.92. The Balaban J connectivity index is 1.71. The number of rotatable bonds is 4. The molecule has 0 unspecified atom stereocenters. The lowest BCUT2D eigenvalue weighted by molar-refractivity contribution is 0.858. The van der Waals surface area contributed by atoms with Gasteiger partial charge in [0.2, 0.25) is 5.95 Å². The van der Waals surface area contributed by atoms with Crippen molar-refractivity contribution in [2.45, 2.75) is 13.0 Å². The highest BCUT2D eigenvalue weighted by Crippen LogP contribution is 2.26. The van der Waals surface area contributed by atoms with Gasteiger partial charge in [-0.25, -0.2) is 9.97 Å². The van der Waals surface area contributed by atoms with Crippen molar-refractivity contribution in [3.05, 3.63) is 76.8 Å². The molecule has 4 aromatic rings. The van der Waals surface area contributed by atoms with E-state index in [0.717, 1.165) is 22.2 Å². The Morgan fingerprint density at radius 2 is 1.96 bits per heavy atom. The Kier molecular flexibility index (Phi) is 3.78. The maximum atomic E-state index is 12.1. The second-order valence-electron chi connectivity index (χ2n) is 5.86. The van der Waals surface area contributed by atoms with Gasteiger partial charge in [-0.15, -0.1) is 0 Å². The van der Waals surface area contributed by atoms with Crippen molar-refractivity contribution in [1.82, 2.24) is 19.9 Å². The van der Waals surface area contributed by atoms with Gasteiger partial charge in [0.15, 0.2) is 0 Å². The Morgan fingerprint density at radius 3 is 2.80 bits per heavy atom. The van der Waals surface area contributed by atoms with E-state index in [2.05, 4.69) is 25.3 Å². The zero-order valence-electron chi connectivity index (χ0n) is 13.7. The lowest BCUT2D eigenvalue weighted by Crippen LogP contribution is -2.15. The molecule has 25 heavy (non-hydrogen) atoms. The van der Waals surface area contributed by atoms with Gasteiger partial charge in [0, 0.05) is 29.4 Å². The van der Waals surface area contributed by atoms with E-state index < -0.39 is 0 Å². The van der Waals surface area contributed by atoms with Crippen molar-refractivity contribution in [3.8, 4) is 11.3 Å². The fourth-order valence-corrected chi connectivity index (χ4v) is 2.86. The maximum Gasteiger partial charge on any atom is 0.252 e. The zero-order valence-corrected chi connectivity index (χ0v) is 13.7. The van der Waals surface area contributed by atoms with E-state index in [9.17, 15) is 4.79 Å². The third-order valence-electron chi connectivity index (χ3n) is 4.12. The minimum atomic E-state index is -0.203. The summed E-state index contributed by atoms with van der Waals surface area (Å²) in [7, 11) is 0. The zero-order chi connectivity index (χ0) is 17.2. The lowest BCUT2D eigenvalue weighted by Gasteiger charge is -2.15. The number of H-pyrrole nitrogens is 2. The van der Waals surface area contributed by atoms with Crippen molar-refractivity contribution in [2.24, 2.45) is 0 Å². The maximum absolute atomic E-state index is 12.1. The number of aromatic amines is 2. The highest BCUT2D eigenvalue weighted by atomic mass is 16.1. The molecule has 3 heterocycles. The van der Waals surface area contributed by atoms with Crippen molar-refractivity contribution in [1.29, 1.82) is 0 Å². The average Bonchev–Trinajstić information content (AvgIpc) is 3.06. The number of anilines is 1. The number of pyridine rings is 1. The molecule has 0 spiro atoms. The summed E-state index contributed by atoms with van der Waals surface area (Å²) in [6.07, 6.45) is 3.55. The number of hydrogen-bond donors (Lipinski definition) is 3. The first-order valence-electron chi connectivity index (χ1n) is 8.06. The van der Waals surface area contributed by atoms with Crippen LogP contribution in [0, 0.1) is 0 Å². The van der Waals surface area contributed by atoms with Crippen LogP contribution in [0.15, 0.2) is 65.7 Å². The molecule has 4 rings (SSSR count). The fraction of sp³-hybridized carbons (Fsp3) is 0.105. The predicted molar refractivity (Wildman–Crippen MR) is 98.4 cm³/mol. The summed E-state index contributed by atoms with van der Waals surface area (Å²) in [5, 5.41) is 4.19. The van der Waals surface area contributed by atoms with E-state index in [-0.39, 0.29) is 11.6 Å². The van der Waals surface area contributed by atoms with E-state index in [1.807, 2.05) is 55.6 Å². The normalized spacial score (nSPS) is 12.2. The molecule has 0 amide bonds. The number of aromatic nitrogens is 4. The molecule has 1 aromatic carbocycles. The van der Waals surface area contributed by atoms with E-state index in [1.54, 1.807) is 6.20 Å². The number of hydrogen-bond acceptors (Lipinski definition) is 4. The molecule has 0 aliphatic carbocycles. The first kappa shape index (κ1) is 15.1. The monoisotopic (exact) mass is 331 g/mol. The fourth-order valence-electron chi connectivity index (χ4n) is 2.86. The molecule has 0 fully saturated rings. The average molecular weight is 331 g/mol. The quantitative estimate of drug-likeness (QED) is 0.534. The summed E-state index contributed by atoms with van der Waals surface area (Å²) in [6, 6.07) is 15.3. The van der Waals surface area contributed by atoms with Gasteiger partial charge < -0.3 is 10.3 Å². The summed E-state index contributed by atoms with van der Waals surface area (Å²) >= 11 is 0. The SMILES string of the molecule is C[C@@H](Nc1nc(-c2c[nH]c3ncccc23)cc(=O)[nH]1)c1ccccc1. The van der Waals surface area contributed by atoms with Crippen LogP contribution < -0.4 is 10.9 Å². The minimum absolute atomic E-state index is 0.0178. The van der Waals surface area contributed by atoms with E-state index >= 15 is 0 Å². The van der Waals surface area contributed by atoms with Crippen LogP contribution in [0.2, 0.25) is 0 Å². The number of nitrogens with zero attached hydrogens (tertiary/aromatic N) is 2. The van der Waals surface area contributed by atoms with Crippen LogP contribution in [0.25, 0.3) is 22.3 Å². The van der Waals surface area contributed by atoms with Crippen LogP contribution in [0.1, 0.15) is 18.5 Å². The third-order valence-corrected chi connectivity index (χ3v) is 4.12. The van der Waals surface area contributed by atoms with E-state index in [4.69, 9.17) is 0 Å². The molecule has 0 saturated carbocycles. The number of fused-ring (bicyclic) bond motifs is 1. The van der Waals surface area contributed by atoms with Gasteiger partial charge in [0.25, 0.3) is 5.56 Å². The first-order valence-corrected chi connectivity index (χ1v) is 8.06. The molecule has 3 aromatic heterocycles. The summed E-state index contributed by atoms with van der Waals surface area (Å²) < 4.78 is 0. The van der Waals surface area contributed by atoms with E-state index in [1.165, 1.54) is 6.07 Å². The molecule has 0 aliphatic rings. The van der Waals surface area contributed by atoms with Crippen molar-refractivity contribution in [3.63, 3.8) is 0 Å². The molecule has 1 atom stereocenters. The van der Waals surface area contributed by atoms with E-state index in [0.29, 0.717) is 11.6 Å². The van der Waals surface area contributed by atoms with Gasteiger partial charge in [0.1, 0.15) is 5.65 Å². The number of benzene rings is 1. The summed E-state index contributed by atoms with van der Waals surface area (Å²) in [5.41, 5.74) is 3.14. The molecule has 124 valence electrons. The van der Waals surface area contributed by atoms with Crippen molar-refractivity contribution >= 4 is 17.0 Å². The smallest absolute Gasteiger partial charge is 0.252 e. The van der Waals surface area contributed by atoms with Gasteiger partial charge in [-0.1, -0.05) is 30.3 Å². The molecule has 6 nitrogen and oxygen atoms in total. The predicted octanol–water partition coefficient (Wildman–Crippen LogP) is 3.49. The molecule has 6 heteroatoms. The Hall–Kier alpha value is -3.41. The van der Waals surface area contributed by atoms with Crippen molar-refractivity contribution < 1.29 is 0 Å². The topological polar surface area (TPSA) is 86.5 Å². The Labute approximate surface area is 144 Å². The Bertz CT molecular complexity index is 1070. The van der Waals surface area contributed by atoms with Crippen LogP contribution in [0.5, 0.6) is 0 Å². The summed E-state index contributed by atoms with van der Waals surface area (Å²) in [4.78, 5) is 26.8. The molecular weight excluding hydrogens is 314 g/mol. The van der Waals surface area contributed by atoms with Gasteiger partial charge >= 0.3 is 0 Å². The molecule has 0 radical (unpaired) electrons. The highest BCUT2D eigenvalue weighted by Gasteiger charge is 2.12. The Morgan fingerprint density at radius 1 is 1.12 bits per heavy atom. The molecule has 0 bridgehead atoms. The largest absolute Gasteiger partial charge is 0.349 e. The van der Waals surface area contributed by atoms with Crippen LogP contribution in [0.3, 0.4) is 0 Å². The molecular formula is C19H17N5O. The van der Waals surface area contributed by atoms with Gasteiger partial charge in [-0.3, -0.25) is 9.78 Å². The van der Waals surface area contributed by atoms with Crippen LogP contribution in [0.4, 0.5) is 5.95 Å². The summed E-state index contributed by atoms with van der Waals surface area (Å²) in [6.45, 7) is 2.03. The first-order chi connectivity index (χ1) is 12.2. The van der Waals surface area contributed by atoms with Crippen molar-refractivity contribution in [2.75, 3.05) is 5.32 Å². The van der Waals surface area contributed by atoms with Crippen LogP contribution >= 0.6 is 0 Å². The van der Waals surface area contributed by atoms with Crippen LogP contribution in [-0.2, 0) is 0 Å². The minimum Gasteiger partial charge on any atom is -0.349 e. The second kappa shape index (κ2) is 6.24. The van der Waals surface area contributed by atoms with Gasteiger partial charge in [-0.2, -0.15) is 0 Å². The standard InChI is InChI=1S/C19H17N5O/c1-12(13-6-3-2-4-7-13)22-19-23-16(10-17(25)24-19)15-11-21-18-14(15)8-5-9-20-18/h2-12H,1H3,(H,20,21)(H2,22,23,24,25)/t12-/m1/s1. The third kappa shape index (κ3) is 3.01. The number of nitrogens with one attached hydrogen (secondary N) is 3. The molecule has 3 N–H and O–H groups in total. The van der Waals surface area contributed by atoms with Gasteiger partial charge in [-0.05, 0) is 24.6 Å². The van der Waals surface area contributed by atoms with Crippen LogP contribution in [-0.4, -0.2) is 19.9 Å². The second-order valence-corrected chi connectivity index (χ2v) is 5.86. The summed E-state index contributed by atoms with van der Waals surface area (Å²) in [5.74, 6) is 0.442. The molecule has 0 saturated heterocycles.